The van der Waals surface area contributed by atoms with E-state index in [2.05, 4.69) is 29.4 Å². The van der Waals surface area contributed by atoms with E-state index >= 15 is 0 Å². The molecule has 34 heavy (non-hydrogen) atoms. The Balaban J connectivity index is 1.55. The zero-order valence-corrected chi connectivity index (χ0v) is 21.8. The van der Waals surface area contributed by atoms with Gasteiger partial charge >= 0.3 is 12.0 Å². The second-order valence-electron chi connectivity index (χ2n) is 9.36. The topological polar surface area (TPSA) is 91.8 Å². The van der Waals surface area contributed by atoms with E-state index in [1.165, 1.54) is 35.1 Å². The number of aromatic nitrogens is 1. The zero-order valence-electron chi connectivity index (χ0n) is 20.2. The normalized spacial score (nSPS) is 14.7. The number of carboxylic acids is 1. The van der Waals surface area contributed by atoms with Crippen LogP contribution in [0.2, 0.25) is 0 Å². The van der Waals surface area contributed by atoms with Gasteiger partial charge in [0, 0.05) is 18.3 Å². The fraction of sp³-hybridized carbons (Fsp3) is 0.560. The number of benzene rings is 1. The molecule has 0 bridgehead atoms. The SMILES string of the molecule is Cc1ccccc1COCCN(C(=O)Nc1ncc(SCC(C)(C)C(=O)O)s1)C1CCCCC1. The number of aliphatic carboxylic acids is 1. The van der Waals surface area contributed by atoms with Gasteiger partial charge in [-0.3, -0.25) is 10.1 Å². The number of thioether (sulfide) groups is 1. The number of hydrogen-bond donors (Lipinski definition) is 2. The Morgan fingerprint density at radius 2 is 2.00 bits per heavy atom. The Morgan fingerprint density at radius 3 is 2.71 bits per heavy atom. The van der Waals surface area contributed by atoms with Crippen LogP contribution in [0.1, 0.15) is 57.1 Å². The van der Waals surface area contributed by atoms with Crippen LogP contribution in [0.3, 0.4) is 0 Å². The number of hydrogen-bond acceptors (Lipinski definition) is 6. The molecule has 1 aliphatic rings. The minimum absolute atomic E-state index is 0.150. The number of ether oxygens (including phenoxy) is 1. The minimum atomic E-state index is -0.828. The Morgan fingerprint density at radius 1 is 1.26 bits per heavy atom. The van der Waals surface area contributed by atoms with Crippen molar-refractivity contribution in [3.63, 3.8) is 0 Å². The van der Waals surface area contributed by atoms with Crippen LogP contribution in [0, 0.1) is 12.3 Å². The van der Waals surface area contributed by atoms with Gasteiger partial charge in [-0.1, -0.05) is 54.9 Å². The number of anilines is 1. The summed E-state index contributed by atoms with van der Waals surface area (Å²) in [4.78, 5) is 30.7. The molecule has 0 atom stereocenters. The smallest absolute Gasteiger partial charge is 0.323 e. The molecule has 0 saturated heterocycles. The number of aryl methyl sites for hydroxylation is 1. The summed E-state index contributed by atoms with van der Waals surface area (Å²) in [6, 6.07) is 8.23. The molecule has 1 saturated carbocycles. The standard InChI is InChI=1S/C25H35N3O4S2/c1-18-9-7-8-10-19(18)16-32-14-13-28(20-11-5-4-6-12-20)24(31)27-23-26-15-21(34-23)33-17-25(2,3)22(29)30/h7-10,15,20H,4-6,11-14,16-17H2,1-3H3,(H,29,30)(H,26,27,31). The highest BCUT2D eigenvalue weighted by atomic mass is 32.2. The summed E-state index contributed by atoms with van der Waals surface area (Å²) in [6.45, 7) is 7.02. The molecule has 7 nitrogen and oxygen atoms in total. The molecular formula is C25H35N3O4S2. The van der Waals surface area contributed by atoms with Gasteiger partial charge in [0.25, 0.3) is 0 Å². The monoisotopic (exact) mass is 505 g/mol. The number of thiazole rings is 1. The van der Waals surface area contributed by atoms with Crippen LogP contribution in [0.5, 0.6) is 0 Å². The second-order valence-corrected chi connectivity index (χ2v) is 11.7. The van der Waals surface area contributed by atoms with Crippen molar-refractivity contribution in [3.8, 4) is 0 Å². The van der Waals surface area contributed by atoms with Gasteiger partial charge < -0.3 is 14.7 Å². The van der Waals surface area contributed by atoms with E-state index in [0.29, 0.717) is 30.6 Å². The van der Waals surface area contributed by atoms with E-state index < -0.39 is 11.4 Å². The first kappa shape index (κ1) is 26.5. The number of amides is 2. The molecular weight excluding hydrogens is 470 g/mol. The van der Waals surface area contributed by atoms with Crippen molar-refractivity contribution in [2.24, 2.45) is 5.41 Å². The zero-order chi connectivity index (χ0) is 24.6. The van der Waals surface area contributed by atoms with Crippen molar-refractivity contribution in [1.82, 2.24) is 9.88 Å². The predicted molar refractivity (Wildman–Crippen MR) is 138 cm³/mol. The van der Waals surface area contributed by atoms with Crippen molar-refractivity contribution < 1.29 is 19.4 Å². The summed E-state index contributed by atoms with van der Waals surface area (Å²) < 4.78 is 6.81. The summed E-state index contributed by atoms with van der Waals surface area (Å²) in [7, 11) is 0. The van der Waals surface area contributed by atoms with Crippen LogP contribution >= 0.6 is 23.1 Å². The highest BCUT2D eigenvalue weighted by Gasteiger charge is 2.28. The molecule has 0 aliphatic heterocycles. The van der Waals surface area contributed by atoms with Gasteiger partial charge in [-0.05, 0) is 44.7 Å². The number of nitrogens with one attached hydrogen (secondary N) is 1. The molecule has 1 fully saturated rings. The van der Waals surface area contributed by atoms with E-state index in [-0.39, 0.29) is 12.1 Å². The molecule has 1 aromatic carbocycles. The molecule has 2 aromatic rings. The quantitative estimate of drug-likeness (QED) is 0.286. The van der Waals surface area contributed by atoms with Gasteiger partial charge in [0.05, 0.1) is 29.0 Å². The first-order chi connectivity index (χ1) is 16.3. The van der Waals surface area contributed by atoms with E-state index in [0.717, 1.165) is 35.5 Å². The maximum Gasteiger partial charge on any atom is 0.323 e. The lowest BCUT2D eigenvalue weighted by molar-refractivity contribution is -0.145. The van der Waals surface area contributed by atoms with Crippen molar-refractivity contribution in [3.05, 3.63) is 41.6 Å². The molecule has 3 rings (SSSR count). The van der Waals surface area contributed by atoms with Crippen LogP contribution in [-0.4, -0.2) is 51.9 Å². The van der Waals surface area contributed by atoms with Crippen molar-refractivity contribution in [2.75, 3.05) is 24.2 Å². The van der Waals surface area contributed by atoms with Crippen LogP contribution in [0.15, 0.2) is 34.7 Å². The number of rotatable bonds is 11. The summed E-state index contributed by atoms with van der Waals surface area (Å²) in [5.74, 6) is -0.393. The molecule has 0 radical (unpaired) electrons. The van der Waals surface area contributed by atoms with E-state index in [4.69, 9.17) is 4.74 Å². The third-order valence-corrected chi connectivity index (χ3v) is 8.69. The van der Waals surface area contributed by atoms with Gasteiger partial charge in [-0.15, -0.1) is 11.8 Å². The lowest BCUT2D eigenvalue weighted by atomic mass is 9.94. The number of nitrogens with zero attached hydrogens (tertiary/aromatic N) is 2. The van der Waals surface area contributed by atoms with E-state index in [1.54, 1.807) is 20.0 Å². The van der Waals surface area contributed by atoms with Crippen molar-refractivity contribution in [1.29, 1.82) is 0 Å². The van der Waals surface area contributed by atoms with Crippen LogP contribution in [0.4, 0.5) is 9.93 Å². The second kappa shape index (κ2) is 12.6. The average Bonchev–Trinajstić information content (AvgIpc) is 3.26. The average molecular weight is 506 g/mol. The Kier molecular flexibility index (Phi) is 9.79. The first-order valence-corrected chi connectivity index (χ1v) is 13.6. The summed E-state index contributed by atoms with van der Waals surface area (Å²) >= 11 is 2.82. The van der Waals surface area contributed by atoms with Crippen LogP contribution in [0.25, 0.3) is 0 Å². The fourth-order valence-electron chi connectivity index (χ4n) is 3.82. The van der Waals surface area contributed by atoms with Gasteiger partial charge in [-0.2, -0.15) is 0 Å². The molecule has 2 N–H and O–H groups in total. The minimum Gasteiger partial charge on any atom is -0.481 e. The van der Waals surface area contributed by atoms with Gasteiger partial charge in [0.1, 0.15) is 0 Å². The third-order valence-electron chi connectivity index (χ3n) is 6.12. The molecule has 0 spiro atoms. The number of carbonyl (C=O) groups is 2. The molecule has 186 valence electrons. The molecule has 9 heteroatoms. The van der Waals surface area contributed by atoms with E-state index in [1.807, 2.05) is 17.0 Å². The largest absolute Gasteiger partial charge is 0.481 e. The molecule has 1 aliphatic carbocycles. The number of carbonyl (C=O) groups excluding carboxylic acids is 1. The first-order valence-electron chi connectivity index (χ1n) is 11.8. The van der Waals surface area contributed by atoms with E-state index in [9.17, 15) is 14.7 Å². The lowest BCUT2D eigenvalue weighted by Crippen LogP contribution is -2.45. The predicted octanol–water partition coefficient (Wildman–Crippen LogP) is 6.04. The van der Waals surface area contributed by atoms with Crippen molar-refractivity contribution in [2.45, 2.75) is 69.7 Å². The fourth-order valence-corrected chi connectivity index (χ4v) is 5.76. The van der Waals surface area contributed by atoms with Crippen LogP contribution in [-0.2, 0) is 16.1 Å². The molecule has 2 amide bonds. The maximum atomic E-state index is 13.2. The highest BCUT2D eigenvalue weighted by molar-refractivity contribution is 8.01. The molecule has 1 heterocycles. The summed E-state index contributed by atoms with van der Waals surface area (Å²) in [5.41, 5.74) is 1.54. The van der Waals surface area contributed by atoms with Crippen LogP contribution < -0.4 is 5.32 Å². The third kappa shape index (κ3) is 7.71. The lowest BCUT2D eigenvalue weighted by Gasteiger charge is -2.34. The summed E-state index contributed by atoms with van der Waals surface area (Å²) in [5, 5.41) is 12.8. The molecule has 0 unspecified atom stereocenters. The number of urea groups is 1. The Labute approximate surface area is 210 Å². The van der Waals surface area contributed by atoms with Gasteiger partial charge in [0.2, 0.25) is 0 Å². The molecule has 1 aromatic heterocycles. The Hall–Kier alpha value is -2.10. The van der Waals surface area contributed by atoms with Crippen molar-refractivity contribution >= 4 is 40.2 Å². The summed E-state index contributed by atoms with van der Waals surface area (Å²) in [6.07, 6.45) is 7.20. The highest BCUT2D eigenvalue weighted by Crippen LogP contribution is 2.33. The van der Waals surface area contributed by atoms with Gasteiger partial charge in [-0.25, -0.2) is 9.78 Å². The van der Waals surface area contributed by atoms with Gasteiger partial charge in [0.15, 0.2) is 5.13 Å². The number of carboxylic acid groups (broad SMARTS) is 1. The maximum absolute atomic E-state index is 13.2. The Bertz CT molecular complexity index is 957.